The van der Waals surface area contributed by atoms with E-state index in [9.17, 15) is 9.18 Å². The van der Waals surface area contributed by atoms with E-state index in [1.807, 2.05) is 0 Å². The molecule has 0 atom stereocenters. The van der Waals surface area contributed by atoms with Crippen LogP contribution in [0.2, 0.25) is 10.0 Å². The van der Waals surface area contributed by atoms with Crippen LogP contribution in [0.4, 0.5) is 10.1 Å². The molecule has 0 unspecified atom stereocenters. The van der Waals surface area contributed by atoms with Crippen LogP contribution in [0.15, 0.2) is 65.1 Å². The monoisotopic (exact) mass is 400 g/mol. The zero-order chi connectivity index (χ0) is 19.0. The van der Waals surface area contributed by atoms with Crippen LogP contribution >= 0.6 is 23.2 Å². The topological polar surface area (TPSA) is 55.1 Å². The first kappa shape index (κ1) is 17.5. The van der Waals surface area contributed by atoms with Gasteiger partial charge >= 0.3 is 0 Å². The van der Waals surface area contributed by atoms with E-state index >= 15 is 0 Å². The van der Waals surface area contributed by atoms with E-state index < -0.39 is 5.82 Å². The van der Waals surface area contributed by atoms with E-state index in [-0.39, 0.29) is 5.91 Å². The molecule has 0 fully saturated rings. The Labute approximate surface area is 163 Å². The third-order valence-corrected chi connectivity index (χ3v) is 4.38. The summed E-state index contributed by atoms with van der Waals surface area (Å²) in [6.07, 6.45) is 0. The molecule has 0 spiro atoms. The van der Waals surface area contributed by atoms with Crippen LogP contribution in [-0.2, 0) is 0 Å². The lowest BCUT2D eigenvalue weighted by molar-refractivity contribution is 0.102. The molecule has 1 N–H and O–H groups in total. The highest BCUT2D eigenvalue weighted by atomic mass is 35.5. The Hall–Kier alpha value is -2.89. The molecule has 134 valence electrons. The third-order valence-electron chi connectivity index (χ3n) is 3.88. The Morgan fingerprint density at radius 3 is 2.59 bits per heavy atom. The fourth-order valence-electron chi connectivity index (χ4n) is 2.62. The molecule has 0 radical (unpaired) electrons. The lowest BCUT2D eigenvalue weighted by atomic mass is 10.1. The van der Waals surface area contributed by atoms with Crippen molar-refractivity contribution in [2.24, 2.45) is 0 Å². The first-order valence-corrected chi connectivity index (χ1v) is 8.68. The number of amides is 1. The lowest BCUT2D eigenvalue weighted by Gasteiger charge is -2.06. The summed E-state index contributed by atoms with van der Waals surface area (Å²) in [5, 5.41) is 3.60. The minimum Gasteiger partial charge on any atom is -0.435 e. The van der Waals surface area contributed by atoms with Crippen LogP contribution in [-0.4, -0.2) is 10.9 Å². The van der Waals surface area contributed by atoms with Gasteiger partial charge < -0.3 is 9.73 Å². The molecule has 1 heterocycles. The van der Waals surface area contributed by atoms with E-state index in [1.54, 1.807) is 36.4 Å². The highest BCUT2D eigenvalue weighted by Crippen LogP contribution is 2.32. The smallest absolute Gasteiger partial charge is 0.255 e. The van der Waals surface area contributed by atoms with Gasteiger partial charge in [0.1, 0.15) is 11.3 Å². The van der Waals surface area contributed by atoms with E-state index in [1.165, 1.54) is 24.3 Å². The molecule has 4 nitrogen and oxygen atoms in total. The number of rotatable bonds is 3. The maximum Gasteiger partial charge on any atom is 0.255 e. The molecule has 3 aromatic carbocycles. The standard InChI is InChI=1S/C20H11Cl2FN2O2/c21-13-9-16(22)18-17(10-13)25-20(27-18)12-2-1-3-15(8-12)24-19(26)11-4-6-14(23)7-5-11/h1-10H,(H,24,26). The first-order chi connectivity index (χ1) is 13.0. The maximum absolute atomic E-state index is 13.0. The molecule has 0 aliphatic rings. The Kier molecular flexibility index (Phi) is 4.56. The molecule has 0 aliphatic heterocycles. The van der Waals surface area contributed by atoms with Gasteiger partial charge in [-0.2, -0.15) is 0 Å². The van der Waals surface area contributed by atoms with E-state index in [2.05, 4.69) is 10.3 Å². The summed E-state index contributed by atoms with van der Waals surface area (Å²) in [7, 11) is 0. The number of aromatic nitrogens is 1. The summed E-state index contributed by atoms with van der Waals surface area (Å²) in [6, 6.07) is 15.6. The van der Waals surface area contributed by atoms with Gasteiger partial charge in [0.2, 0.25) is 5.89 Å². The zero-order valence-corrected chi connectivity index (χ0v) is 15.2. The average molecular weight is 401 g/mol. The number of carbonyl (C=O) groups is 1. The van der Waals surface area contributed by atoms with Crippen LogP contribution in [0.5, 0.6) is 0 Å². The highest BCUT2D eigenvalue weighted by molar-refractivity contribution is 6.38. The fourth-order valence-corrected chi connectivity index (χ4v) is 3.14. The zero-order valence-electron chi connectivity index (χ0n) is 13.7. The van der Waals surface area contributed by atoms with Crippen LogP contribution in [0.1, 0.15) is 10.4 Å². The van der Waals surface area contributed by atoms with Gasteiger partial charge in [-0.3, -0.25) is 4.79 Å². The third kappa shape index (κ3) is 3.65. The number of nitrogens with one attached hydrogen (secondary N) is 1. The van der Waals surface area contributed by atoms with Crippen molar-refractivity contribution in [2.45, 2.75) is 0 Å². The minimum absolute atomic E-state index is 0.348. The Bertz CT molecular complexity index is 1160. The largest absolute Gasteiger partial charge is 0.435 e. The molecule has 1 aromatic heterocycles. The molecule has 1 amide bonds. The fraction of sp³-hybridized carbons (Fsp3) is 0. The Morgan fingerprint density at radius 1 is 1.04 bits per heavy atom. The van der Waals surface area contributed by atoms with Crippen molar-refractivity contribution in [1.29, 1.82) is 0 Å². The molecular weight excluding hydrogens is 390 g/mol. The van der Waals surface area contributed by atoms with Crippen molar-refractivity contribution in [3.05, 3.63) is 82.1 Å². The van der Waals surface area contributed by atoms with E-state index in [0.717, 1.165) is 0 Å². The van der Waals surface area contributed by atoms with Crippen molar-refractivity contribution in [3.63, 3.8) is 0 Å². The second kappa shape index (κ2) is 7.02. The predicted molar refractivity (Wildman–Crippen MR) is 104 cm³/mol. The number of benzene rings is 3. The number of nitrogens with zero attached hydrogens (tertiary/aromatic N) is 1. The van der Waals surface area contributed by atoms with Crippen molar-refractivity contribution in [2.75, 3.05) is 5.32 Å². The number of hydrogen-bond donors (Lipinski definition) is 1. The summed E-state index contributed by atoms with van der Waals surface area (Å²) in [4.78, 5) is 16.7. The molecule has 7 heteroatoms. The number of oxazole rings is 1. The second-order valence-corrected chi connectivity index (χ2v) is 6.64. The van der Waals surface area contributed by atoms with Crippen molar-refractivity contribution in [1.82, 2.24) is 4.98 Å². The van der Waals surface area contributed by atoms with Crippen molar-refractivity contribution in [3.8, 4) is 11.5 Å². The predicted octanol–water partition coefficient (Wildman–Crippen LogP) is 6.19. The van der Waals surface area contributed by atoms with Crippen molar-refractivity contribution >= 4 is 45.9 Å². The summed E-state index contributed by atoms with van der Waals surface area (Å²) >= 11 is 12.1. The molecule has 0 saturated heterocycles. The number of carbonyl (C=O) groups excluding carboxylic acids is 1. The van der Waals surface area contributed by atoms with Crippen LogP contribution in [0, 0.1) is 5.82 Å². The molecule has 0 aliphatic carbocycles. The molecular formula is C20H11Cl2FN2O2. The van der Waals surface area contributed by atoms with Gasteiger partial charge in [0.15, 0.2) is 5.58 Å². The van der Waals surface area contributed by atoms with Gasteiger partial charge in [0.25, 0.3) is 5.91 Å². The van der Waals surface area contributed by atoms with E-state index in [0.29, 0.717) is 43.9 Å². The number of anilines is 1. The molecule has 0 bridgehead atoms. The Morgan fingerprint density at radius 2 is 1.81 bits per heavy atom. The average Bonchev–Trinajstić information content (AvgIpc) is 3.07. The number of hydrogen-bond acceptors (Lipinski definition) is 3. The first-order valence-electron chi connectivity index (χ1n) is 7.92. The van der Waals surface area contributed by atoms with Crippen molar-refractivity contribution < 1.29 is 13.6 Å². The van der Waals surface area contributed by atoms with Gasteiger partial charge in [0, 0.05) is 21.8 Å². The van der Waals surface area contributed by atoms with Crippen LogP contribution in [0.25, 0.3) is 22.6 Å². The molecule has 4 rings (SSSR count). The van der Waals surface area contributed by atoms with Gasteiger partial charge in [-0.15, -0.1) is 0 Å². The Balaban J connectivity index is 1.63. The molecule has 27 heavy (non-hydrogen) atoms. The summed E-state index contributed by atoms with van der Waals surface area (Å²) in [5.74, 6) is -0.394. The minimum atomic E-state index is -0.400. The normalized spacial score (nSPS) is 10.9. The van der Waals surface area contributed by atoms with Crippen LogP contribution in [0.3, 0.4) is 0 Å². The maximum atomic E-state index is 13.0. The van der Waals surface area contributed by atoms with E-state index in [4.69, 9.17) is 27.6 Å². The summed E-state index contributed by atoms with van der Waals surface area (Å²) < 4.78 is 18.7. The summed E-state index contributed by atoms with van der Waals surface area (Å²) in [6.45, 7) is 0. The van der Waals surface area contributed by atoms with Gasteiger partial charge in [-0.1, -0.05) is 29.3 Å². The SMILES string of the molecule is O=C(Nc1cccc(-c2nc3cc(Cl)cc(Cl)c3o2)c1)c1ccc(F)cc1. The van der Waals surface area contributed by atoms with Gasteiger partial charge in [-0.25, -0.2) is 9.37 Å². The highest BCUT2D eigenvalue weighted by Gasteiger charge is 2.13. The molecule has 0 saturated carbocycles. The molecule has 4 aromatic rings. The quantitative estimate of drug-likeness (QED) is 0.445. The number of fused-ring (bicyclic) bond motifs is 1. The van der Waals surface area contributed by atoms with Crippen LogP contribution < -0.4 is 5.32 Å². The van der Waals surface area contributed by atoms with Gasteiger partial charge in [0.05, 0.1) is 5.02 Å². The lowest BCUT2D eigenvalue weighted by Crippen LogP contribution is -2.11. The number of halogens is 3. The van der Waals surface area contributed by atoms with Gasteiger partial charge in [-0.05, 0) is 54.6 Å². The summed E-state index contributed by atoms with van der Waals surface area (Å²) in [5.41, 5.74) is 2.55. The second-order valence-electron chi connectivity index (χ2n) is 5.80.